The van der Waals surface area contributed by atoms with Crippen LogP contribution in [0.4, 0.5) is 5.82 Å². The van der Waals surface area contributed by atoms with Crippen LogP contribution in [0, 0.1) is 0 Å². The van der Waals surface area contributed by atoms with Crippen molar-refractivity contribution in [1.29, 1.82) is 0 Å². The smallest absolute Gasteiger partial charge is 0.155 e. The molecule has 0 aromatic carbocycles. The van der Waals surface area contributed by atoms with Crippen molar-refractivity contribution in [3.63, 3.8) is 0 Å². The highest BCUT2D eigenvalue weighted by Crippen LogP contribution is 2.26. The summed E-state index contributed by atoms with van der Waals surface area (Å²) in [5.41, 5.74) is 6.85. The number of nitrogens with two attached hydrogens (primary N) is 1. The third-order valence-electron chi connectivity index (χ3n) is 2.93. The van der Waals surface area contributed by atoms with Crippen LogP contribution < -0.4 is 10.6 Å². The van der Waals surface area contributed by atoms with Crippen LogP contribution in [-0.2, 0) is 13.6 Å². The van der Waals surface area contributed by atoms with Gasteiger partial charge in [-0.2, -0.15) is 5.10 Å². The lowest BCUT2D eigenvalue weighted by Gasteiger charge is -2.21. The van der Waals surface area contributed by atoms with Crippen LogP contribution in [0.2, 0.25) is 0 Å². The number of anilines is 1. The average Bonchev–Trinajstić information content (AvgIpc) is 2.71. The number of nitrogens with zero attached hydrogens (tertiary/aromatic N) is 3. The Morgan fingerprint density at radius 2 is 2.43 bits per heavy atom. The van der Waals surface area contributed by atoms with Gasteiger partial charge in [-0.05, 0) is 19.8 Å². The van der Waals surface area contributed by atoms with Crippen LogP contribution >= 0.6 is 0 Å². The van der Waals surface area contributed by atoms with Crippen LogP contribution in [0.5, 0.6) is 0 Å². The lowest BCUT2D eigenvalue weighted by atomic mass is 10.2. The number of hydrogen-bond donors (Lipinski definition) is 1. The van der Waals surface area contributed by atoms with Gasteiger partial charge in [0.05, 0.1) is 0 Å². The van der Waals surface area contributed by atoms with Gasteiger partial charge in [0.15, 0.2) is 5.82 Å². The van der Waals surface area contributed by atoms with E-state index in [2.05, 4.69) is 16.9 Å². The summed E-state index contributed by atoms with van der Waals surface area (Å²) in [7, 11) is 1.95. The van der Waals surface area contributed by atoms with E-state index in [0.29, 0.717) is 12.6 Å². The molecule has 0 amide bonds. The van der Waals surface area contributed by atoms with Crippen molar-refractivity contribution in [3.05, 3.63) is 11.8 Å². The summed E-state index contributed by atoms with van der Waals surface area (Å²) in [5, 5.41) is 4.48. The monoisotopic (exact) mass is 194 g/mol. The first-order chi connectivity index (χ1) is 6.72. The molecule has 1 aromatic rings. The minimum absolute atomic E-state index is 0.576. The van der Waals surface area contributed by atoms with Crippen LogP contribution in [0.15, 0.2) is 6.20 Å². The van der Waals surface area contributed by atoms with E-state index in [0.717, 1.165) is 17.9 Å². The maximum Gasteiger partial charge on any atom is 0.155 e. The Kier molecular flexibility index (Phi) is 2.46. The largest absolute Gasteiger partial charge is 0.352 e. The third kappa shape index (κ3) is 1.50. The van der Waals surface area contributed by atoms with Crippen LogP contribution in [-0.4, -0.2) is 22.4 Å². The Hall–Kier alpha value is -1.03. The molecule has 0 radical (unpaired) electrons. The van der Waals surface area contributed by atoms with Gasteiger partial charge in [0, 0.05) is 37.9 Å². The van der Waals surface area contributed by atoms with Crippen molar-refractivity contribution >= 4 is 5.82 Å². The predicted molar refractivity (Wildman–Crippen MR) is 57.1 cm³/mol. The molecule has 1 aliphatic rings. The molecular weight excluding hydrogens is 176 g/mol. The molecule has 0 spiro atoms. The van der Waals surface area contributed by atoms with Gasteiger partial charge in [0.2, 0.25) is 0 Å². The van der Waals surface area contributed by atoms with Crippen molar-refractivity contribution < 1.29 is 0 Å². The van der Waals surface area contributed by atoms with Gasteiger partial charge in [-0.3, -0.25) is 4.68 Å². The fourth-order valence-corrected chi connectivity index (χ4v) is 2.16. The molecule has 1 aliphatic heterocycles. The zero-order valence-electron chi connectivity index (χ0n) is 8.90. The number of hydrogen-bond acceptors (Lipinski definition) is 3. The Labute approximate surface area is 84.7 Å². The van der Waals surface area contributed by atoms with E-state index in [1.54, 1.807) is 0 Å². The molecule has 2 heterocycles. The summed E-state index contributed by atoms with van der Waals surface area (Å²) in [5.74, 6) is 1.08. The molecule has 0 aliphatic carbocycles. The predicted octanol–water partition coefficient (Wildman–Crippen LogP) is 0.868. The summed E-state index contributed by atoms with van der Waals surface area (Å²) in [6.07, 6.45) is 4.54. The van der Waals surface area contributed by atoms with Crippen molar-refractivity contribution in [2.75, 3.05) is 11.4 Å². The first kappa shape index (κ1) is 9.52. The Balaban J connectivity index is 2.29. The quantitative estimate of drug-likeness (QED) is 0.760. The van der Waals surface area contributed by atoms with Gasteiger partial charge in [-0.25, -0.2) is 0 Å². The van der Waals surface area contributed by atoms with Crippen LogP contribution in [0.3, 0.4) is 0 Å². The molecule has 2 N–H and O–H groups in total. The van der Waals surface area contributed by atoms with Gasteiger partial charge >= 0.3 is 0 Å². The Morgan fingerprint density at radius 1 is 1.64 bits per heavy atom. The Bertz CT molecular complexity index is 318. The lowest BCUT2D eigenvalue weighted by Crippen LogP contribution is -2.28. The summed E-state index contributed by atoms with van der Waals surface area (Å²) in [6.45, 7) is 3.94. The molecule has 1 atom stereocenters. The highest BCUT2D eigenvalue weighted by atomic mass is 15.4. The summed E-state index contributed by atoms with van der Waals surface area (Å²) < 4.78 is 1.85. The van der Waals surface area contributed by atoms with Gasteiger partial charge < -0.3 is 10.6 Å². The maximum absolute atomic E-state index is 5.70. The highest BCUT2D eigenvalue weighted by Gasteiger charge is 2.24. The SMILES string of the molecule is CC1CCCN1c1nn(C)cc1CN. The minimum atomic E-state index is 0.576. The molecule has 0 saturated carbocycles. The molecule has 4 heteroatoms. The van der Waals surface area contributed by atoms with Crippen molar-refractivity contribution in [2.45, 2.75) is 32.4 Å². The molecule has 14 heavy (non-hydrogen) atoms. The summed E-state index contributed by atoms with van der Waals surface area (Å²) >= 11 is 0. The number of aryl methyl sites for hydroxylation is 1. The lowest BCUT2D eigenvalue weighted by molar-refractivity contribution is 0.702. The molecule has 1 saturated heterocycles. The second kappa shape index (κ2) is 3.61. The number of rotatable bonds is 2. The fraction of sp³-hybridized carbons (Fsp3) is 0.700. The van der Waals surface area contributed by atoms with E-state index in [9.17, 15) is 0 Å². The molecular formula is C10H18N4. The molecule has 1 unspecified atom stereocenters. The normalized spacial score (nSPS) is 21.9. The van der Waals surface area contributed by atoms with Gasteiger partial charge in [0.1, 0.15) is 0 Å². The van der Waals surface area contributed by atoms with Crippen molar-refractivity contribution in [1.82, 2.24) is 9.78 Å². The summed E-state index contributed by atoms with van der Waals surface area (Å²) in [4.78, 5) is 2.36. The van der Waals surface area contributed by atoms with Crippen molar-refractivity contribution in [3.8, 4) is 0 Å². The summed E-state index contributed by atoms with van der Waals surface area (Å²) in [6, 6.07) is 0.607. The van der Waals surface area contributed by atoms with Gasteiger partial charge in [-0.15, -0.1) is 0 Å². The third-order valence-corrected chi connectivity index (χ3v) is 2.93. The standard InChI is InChI=1S/C10H18N4/c1-8-4-3-5-14(8)10-9(6-11)7-13(2)12-10/h7-8H,3-6,11H2,1-2H3. The van der Waals surface area contributed by atoms with E-state index >= 15 is 0 Å². The first-order valence-electron chi connectivity index (χ1n) is 5.21. The molecule has 4 nitrogen and oxygen atoms in total. The first-order valence-corrected chi connectivity index (χ1v) is 5.21. The average molecular weight is 194 g/mol. The maximum atomic E-state index is 5.70. The molecule has 1 fully saturated rings. The van der Waals surface area contributed by atoms with E-state index in [1.165, 1.54) is 12.8 Å². The Morgan fingerprint density at radius 3 is 3.00 bits per heavy atom. The second-order valence-electron chi connectivity index (χ2n) is 4.04. The second-order valence-corrected chi connectivity index (χ2v) is 4.04. The van der Waals surface area contributed by atoms with E-state index < -0.39 is 0 Å². The fourth-order valence-electron chi connectivity index (χ4n) is 2.16. The number of aromatic nitrogens is 2. The molecule has 1 aromatic heterocycles. The van der Waals surface area contributed by atoms with E-state index in [-0.39, 0.29) is 0 Å². The van der Waals surface area contributed by atoms with Crippen LogP contribution in [0.1, 0.15) is 25.3 Å². The molecule has 78 valence electrons. The topological polar surface area (TPSA) is 47.1 Å². The molecule has 2 rings (SSSR count). The van der Waals surface area contributed by atoms with Crippen LogP contribution in [0.25, 0.3) is 0 Å². The van der Waals surface area contributed by atoms with Crippen molar-refractivity contribution in [2.24, 2.45) is 12.8 Å². The van der Waals surface area contributed by atoms with E-state index in [1.807, 2.05) is 17.9 Å². The zero-order valence-corrected chi connectivity index (χ0v) is 8.90. The molecule has 0 bridgehead atoms. The van der Waals surface area contributed by atoms with Gasteiger partial charge in [0.25, 0.3) is 0 Å². The highest BCUT2D eigenvalue weighted by molar-refractivity contribution is 5.47. The zero-order chi connectivity index (χ0) is 10.1. The minimum Gasteiger partial charge on any atom is -0.352 e. The van der Waals surface area contributed by atoms with Gasteiger partial charge in [-0.1, -0.05) is 0 Å². The van der Waals surface area contributed by atoms with E-state index in [4.69, 9.17) is 5.73 Å².